The van der Waals surface area contributed by atoms with E-state index in [2.05, 4.69) is 18.7 Å². The van der Waals surface area contributed by atoms with Crippen molar-refractivity contribution in [3.8, 4) is 5.75 Å². The Morgan fingerprint density at radius 1 is 1.20 bits per heavy atom. The van der Waals surface area contributed by atoms with E-state index in [0.717, 1.165) is 5.75 Å². The molecular weight excluding hydrogens is 204 g/mol. The van der Waals surface area contributed by atoms with E-state index in [9.17, 15) is 0 Å². The molecule has 0 atom stereocenters. The van der Waals surface area contributed by atoms with Crippen LogP contribution < -0.4 is 4.74 Å². The van der Waals surface area contributed by atoms with Gasteiger partial charge in [0.15, 0.2) is 6.79 Å². The highest BCUT2D eigenvalue weighted by Gasteiger charge is 1.95. The van der Waals surface area contributed by atoms with Crippen molar-refractivity contribution in [2.24, 2.45) is 0 Å². The third kappa shape index (κ3) is 5.00. The molecular formula is C12H20O2Si. The predicted molar refractivity (Wildman–Crippen MR) is 66.5 cm³/mol. The highest BCUT2D eigenvalue weighted by molar-refractivity contribution is 6.33. The van der Waals surface area contributed by atoms with E-state index in [1.807, 2.05) is 12.1 Å². The van der Waals surface area contributed by atoms with E-state index < -0.39 is 0 Å². The number of methoxy groups -OCH3 is 1. The van der Waals surface area contributed by atoms with Crippen molar-refractivity contribution in [2.45, 2.75) is 25.4 Å². The number of benzene rings is 1. The third-order valence-electron chi connectivity index (χ3n) is 2.34. The normalized spacial score (nSPS) is 11.1. The van der Waals surface area contributed by atoms with Gasteiger partial charge in [-0.25, -0.2) is 0 Å². The van der Waals surface area contributed by atoms with Crippen LogP contribution in [0.15, 0.2) is 24.3 Å². The first kappa shape index (κ1) is 12.3. The Morgan fingerprint density at radius 3 is 2.53 bits per heavy atom. The molecule has 0 heterocycles. The molecule has 0 bridgehead atoms. The Labute approximate surface area is 94.4 Å². The van der Waals surface area contributed by atoms with E-state index in [4.69, 9.17) is 9.47 Å². The van der Waals surface area contributed by atoms with E-state index in [1.165, 1.54) is 24.4 Å². The number of rotatable bonds is 7. The van der Waals surface area contributed by atoms with Crippen LogP contribution in [0.1, 0.15) is 12.0 Å². The molecule has 2 nitrogen and oxygen atoms in total. The lowest BCUT2D eigenvalue weighted by atomic mass is 10.1. The molecule has 0 amide bonds. The second kappa shape index (κ2) is 7.48. The van der Waals surface area contributed by atoms with Crippen LogP contribution in [0.25, 0.3) is 0 Å². The van der Waals surface area contributed by atoms with Gasteiger partial charge in [0.1, 0.15) is 5.75 Å². The zero-order valence-electron chi connectivity index (χ0n) is 9.66. The van der Waals surface area contributed by atoms with Crippen molar-refractivity contribution in [2.75, 3.05) is 13.9 Å². The molecule has 0 saturated heterocycles. The van der Waals surface area contributed by atoms with Crippen molar-refractivity contribution in [3.63, 3.8) is 0 Å². The molecule has 0 radical (unpaired) electrons. The number of hydrogen-bond acceptors (Lipinski definition) is 2. The van der Waals surface area contributed by atoms with Crippen molar-refractivity contribution in [3.05, 3.63) is 29.8 Å². The maximum Gasteiger partial charge on any atom is 0.188 e. The minimum atomic E-state index is 0.238. The predicted octanol–water partition coefficient (Wildman–Crippen LogP) is 2.24. The minimum Gasteiger partial charge on any atom is -0.468 e. The standard InChI is InChI=1S/C12H20O2Si/c1-13-10-14-12-7-5-11(6-8-12)4-3-9-15-2/h5-8H,3-4,9-10,15H2,1-2H3. The Balaban J connectivity index is 2.35. The summed E-state index contributed by atoms with van der Waals surface area (Å²) in [5, 5.41) is 0. The molecule has 84 valence electrons. The maximum atomic E-state index is 5.32. The van der Waals surface area contributed by atoms with E-state index >= 15 is 0 Å². The van der Waals surface area contributed by atoms with Gasteiger partial charge in [0.05, 0.1) is 0 Å². The molecule has 0 aromatic heterocycles. The highest BCUT2D eigenvalue weighted by Crippen LogP contribution is 2.13. The fourth-order valence-electron chi connectivity index (χ4n) is 1.46. The molecule has 0 fully saturated rings. The molecule has 1 aromatic carbocycles. The molecule has 0 unspecified atom stereocenters. The van der Waals surface area contributed by atoms with Gasteiger partial charge < -0.3 is 9.47 Å². The van der Waals surface area contributed by atoms with Crippen LogP contribution in [0.4, 0.5) is 0 Å². The summed E-state index contributed by atoms with van der Waals surface area (Å²) >= 11 is 0. The van der Waals surface area contributed by atoms with Crippen molar-refractivity contribution < 1.29 is 9.47 Å². The molecule has 0 aliphatic rings. The van der Waals surface area contributed by atoms with Gasteiger partial charge in [-0.1, -0.05) is 31.1 Å². The topological polar surface area (TPSA) is 18.5 Å². The monoisotopic (exact) mass is 224 g/mol. The summed E-state index contributed by atoms with van der Waals surface area (Å²) in [6.45, 7) is 2.68. The number of ether oxygens (including phenoxy) is 2. The molecule has 3 heteroatoms. The van der Waals surface area contributed by atoms with Gasteiger partial charge >= 0.3 is 0 Å². The van der Waals surface area contributed by atoms with Gasteiger partial charge in [0.25, 0.3) is 0 Å². The average molecular weight is 224 g/mol. The average Bonchev–Trinajstić information content (AvgIpc) is 2.28. The lowest BCUT2D eigenvalue weighted by molar-refractivity contribution is 0.0511. The number of hydrogen-bond donors (Lipinski definition) is 0. The lowest BCUT2D eigenvalue weighted by Gasteiger charge is -2.05. The van der Waals surface area contributed by atoms with Crippen LogP contribution in [0.3, 0.4) is 0 Å². The van der Waals surface area contributed by atoms with E-state index in [1.54, 1.807) is 7.11 Å². The fourth-order valence-corrected chi connectivity index (χ4v) is 2.21. The largest absolute Gasteiger partial charge is 0.468 e. The Hall–Kier alpha value is -0.803. The Bertz CT molecular complexity index is 259. The zero-order valence-corrected chi connectivity index (χ0v) is 11.1. The molecule has 1 aromatic rings. The van der Waals surface area contributed by atoms with E-state index in [0.29, 0.717) is 6.79 Å². The van der Waals surface area contributed by atoms with Gasteiger partial charge in [-0.15, -0.1) is 0 Å². The zero-order chi connectivity index (χ0) is 10.9. The van der Waals surface area contributed by atoms with Gasteiger partial charge in [-0.05, 0) is 24.1 Å². The SMILES string of the molecule is COCOc1ccc(CCC[SiH2]C)cc1. The molecule has 15 heavy (non-hydrogen) atoms. The summed E-state index contributed by atoms with van der Waals surface area (Å²) in [4.78, 5) is 0. The maximum absolute atomic E-state index is 5.32. The number of aryl methyl sites for hydroxylation is 1. The van der Waals surface area contributed by atoms with Crippen LogP contribution in [0.5, 0.6) is 5.75 Å². The van der Waals surface area contributed by atoms with Gasteiger partial charge in [-0.2, -0.15) is 0 Å². The van der Waals surface area contributed by atoms with Crippen molar-refractivity contribution in [1.29, 1.82) is 0 Å². The summed E-state index contributed by atoms with van der Waals surface area (Å²) in [7, 11) is 1.87. The first-order valence-corrected chi connectivity index (χ1v) is 7.99. The van der Waals surface area contributed by atoms with Crippen LogP contribution >= 0.6 is 0 Å². The molecule has 0 saturated carbocycles. The second-order valence-electron chi connectivity index (χ2n) is 3.65. The summed E-state index contributed by atoms with van der Waals surface area (Å²) in [6, 6.07) is 9.75. The van der Waals surface area contributed by atoms with Crippen LogP contribution in [0, 0.1) is 0 Å². The van der Waals surface area contributed by atoms with E-state index in [-0.39, 0.29) is 9.52 Å². The summed E-state index contributed by atoms with van der Waals surface area (Å²) in [6.07, 6.45) is 2.53. The van der Waals surface area contributed by atoms with Gasteiger partial charge in [-0.3, -0.25) is 0 Å². The van der Waals surface area contributed by atoms with Crippen molar-refractivity contribution in [1.82, 2.24) is 0 Å². The second-order valence-corrected chi connectivity index (χ2v) is 5.36. The van der Waals surface area contributed by atoms with Crippen molar-refractivity contribution >= 4 is 9.52 Å². The van der Waals surface area contributed by atoms with Crippen LogP contribution in [-0.2, 0) is 11.2 Å². The highest BCUT2D eigenvalue weighted by atomic mass is 28.2. The lowest BCUT2D eigenvalue weighted by Crippen LogP contribution is -1.98. The van der Waals surface area contributed by atoms with Crippen LogP contribution in [-0.4, -0.2) is 23.4 Å². The first-order chi connectivity index (χ1) is 7.36. The first-order valence-electron chi connectivity index (χ1n) is 5.57. The van der Waals surface area contributed by atoms with Gasteiger partial charge in [0.2, 0.25) is 0 Å². The fraction of sp³-hybridized carbons (Fsp3) is 0.500. The molecule has 0 spiro atoms. The Kier molecular flexibility index (Phi) is 6.12. The molecule has 0 aliphatic heterocycles. The molecule has 0 N–H and O–H groups in total. The minimum absolute atomic E-state index is 0.238. The van der Waals surface area contributed by atoms with Gasteiger partial charge in [0, 0.05) is 16.6 Å². The quantitative estimate of drug-likeness (QED) is 0.402. The molecule has 1 rings (SSSR count). The Morgan fingerprint density at radius 2 is 1.93 bits per heavy atom. The summed E-state index contributed by atoms with van der Waals surface area (Å²) in [5.41, 5.74) is 1.40. The third-order valence-corrected chi connectivity index (χ3v) is 3.54. The summed E-state index contributed by atoms with van der Waals surface area (Å²) < 4.78 is 10.2. The van der Waals surface area contributed by atoms with Crippen LogP contribution in [0.2, 0.25) is 12.6 Å². The molecule has 0 aliphatic carbocycles. The smallest absolute Gasteiger partial charge is 0.188 e. The summed E-state index contributed by atoms with van der Waals surface area (Å²) in [5.74, 6) is 0.880.